The molecular weight excluding hydrogens is 942 g/mol. The summed E-state index contributed by atoms with van der Waals surface area (Å²) >= 11 is 1.93. The largest absolute Gasteiger partial charge is 0.296 e. The van der Waals surface area contributed by atoms with Crippen LogP contribution in [0.25, 0.3) is 20.9 Å². The third kappa shape index (κ3) is 8.17. The fourth-order valence-corrected chi connectivity index (χ4v) is 14.1. The minimum atomic E-state index is -0.144. The van der Waals surface area contributed by atoms with Crippen LogP contribution in [0.1, 0.15) is 151 Å². The van der Waals surface area contributed by atoms with Gasteiger partial charge in [-0.25, -0.2) is 0 Å². The van der Waals surface area contributed by atoms with E-state index >= 15 is 0 Å². The number of thiophene rings is 1. The Labute approximate surface area is 457 Å². The maximum absolute atomic E-state index is 6.12. The van der Waals surface area contributed by atoms with Gasteiger partial charge in [-0.2, -0.15) is 9.97 Å². The van der Waals surface area contributed by atoms with Gasteiger partial charge in [0.2, 0.25) is 5.95 Å². The summed E-state index contributed by atoms with van der Waals surface area (Å²) in [5.74, 6) is 2.42. The van der Waals surface area contributed by atoms with Crippen molar-refractivity contribution in [2.24, 2.45) is 0 Å². The predicted octanol–water partition coefficient (Wildman–Crippen LogP) is 17.5. The summed E-state index contributed by atoms with van der Waals surface area (Å²) in [6.45, 7) is 37.2. The molecule has 0 fully saturated rings. The van der Waals surface area contributed by atoms with Crippen molar-refractivity contribution >= 4 is 106 Å². The molecule has 3 aliphatic rings. The number of fused-ring (bicyclic) bond motifs is 8. The lowest BCUT2D eigenvalue weighted by atomic mass is 9.36. The van der Waals surface area contributed by atoms with Gasteiger partial charge < -0.3 is 0 Å². The molecule has 2 aliphatic heterocycles. The van der Waals surface area contributed by atoms with Crippen LogP contribution in [0, 0.1) is 0 Å². The molecule has 0 saturated carbocycles. The highest BCUT2D eigenvalue weighted by Gasteiger charge is 2.49. The minimum absolute atomic E-state index is 0.0141. The predicted molar refractivity (Wildman–Crippen MR) is 329 cm³/mol. The molecule has 0 saturated heterocycles. The van der Waals surface area contributed by atoms with Crippen LogP contribution in [0.15, 0.2) is 146 Å². The molecule has 7 heteroatoms. The van der Waals surface area contributed by atoms with Crippen molar-refractivity contribution in [2.45, 2.75) is 150 Å². The second-order valence-electron chi connectivity index (χ2n) is 27.6. The van der Waals surface area contributed by atoms with Crippen LogP contribution in [-0.4, -0.2) is 16.7 Å². The summed E-state index contributed by atoms with van der Waals surface area (Å²) in [5, 5.41) is 3.61. The Hall–Kier alpha value is -6.70. The lowest BCUT2D eigenvalue weighted by Gasteiger charge is -2.42. The fourth-order valence-electron chi connectivity index (χ4n) is 12.8. The van der Waals surface area contributed by atoms with E-state index in [0.29, 0.717) is 5.95 Å². The average Bonchev–Trinajstić information content (AvgIpc) is 3.87. The van der Waals surface area contributed by atoms with E-state index in [1.165, 1.54) is 70.2 Å². The summed E-state index contributed by atoms with van der Waals surface area (Å²) in [4.78, 5) is 19.5. The van der Waals surface area contributed by atoms with Gasteiger partial charge in [-0.05, 0) is 155 Å². The first-order valence-corrected chi connectivity index (χ1v) is 28.4. The van der Waals surface area contributed by atoms with Crippen molar-refractivity contribution in [1.82, 2.24) is 9.97 Å². The van der Waals surface area contributed by atoms with Crippen molar-refractivity contribution in [3.8, 4) is 0 Å². The lowest BCUT2D eigenvalue weighted by Crippen LogP contribution is -2.61. The van der Waals surface area contributed by atoms with Crippen molar-refractivity contribution in [3.63, 3.8) is 0 Å². The Morgan fingerprint density at radius 3 is 1.63 bits per heavy atom. The van der Waals surface area contributed by atoms with Crippen LogP contribution in [-0.2, 0) is 32.5 Å². The van der Waals surface area contributed by atoms with Crippen molar-refractivity contribution < 1.29 is 0 Å². The molecule has 0 unspecified atom stereocenters. The third-order valence-corrected chi connectivity index (χ3v) is 18.1. The van der Waals surface area contributed by atoms with E-state index < -0.39 is 0 Å². The van der Waals surface area contributed by atoms with Crippen molar-refractivity contribution in [3.05, 3.63) is 179 Å². The summed E-state index contributed by atoms with van der Waals surface area (Å²) < 4.78 is 2.59. The highest BCUT2D eigenvalue weighted by Crippen LogP contribution is 2.53. The highest BCUT2D eigenvalue weighted by atomic mass is 32.1. The smallest absolute Gasteiger partial charge is 0.268 e. The Kier molecular flexibility index (Phi) is 11.2. The van der Waals surface area contributed by atoms with Gasteiger partial charge >= 0.3 is 0 Å². The number of nitrogens with zero attached hydrogens (tertiary/aromatic N) is 5. The number of hydrogen-bond donors (Lipinski definition) is 0. The Morgan fingerprint density at radius 2 is 1.01 bits per heavy atom. The van der Waals surface area contributed by atoms with E-state index in [0.717, 1.165) is 52.0 Å². The SMILES string of the molecule is CC(C)(C)c1ccc(N2c3ccc(C(C)(C)C)cc3B3c4sc5ccc(C(C)(C)C)cc5c4N(c4ccc(C(C)(C)C)cc4)c4nc(N(c5ccc6c(c5)C(C)(C)CC6(C)C)c5ccc6ccccc6c5)nc2c43)cc1. The molecule has 76 heavy (non-hydrogen) atoms. The van der Waals surface area contributed by atoms with Crippen LogP contribution in [0.3, 0.4) is 0 Å². The standard InChI is InChI=1S/C69H74BN5S/c1-64(2,3)44-22-29-48(30-23-44)74-56-35-26-47(67(10,11)12)39-55(56)70-58-61(74)71-63(73(50-28-21-42-19-17-18-20-43(42)37-50)51-33-34-53-54(40-51)69(15,16)41-68(53,13)14)72-62(58)75(49-31-24-45(25-32-49)65(4,5)6)59-52-38-46(66(7,8)9)27-36-57(52)76-60(59)70/h17-40H,41H2,1-16H3. The van der Waals surface area contributed by atoms with Crippen LogP contribution >= 0.6 is 11.3 Å². The van der Waals surface area contributed by atoms with Crippen molar-refractivity contribution in [2.75, 3.05) is 14.7 Å². The minimum Gasteiger partial charge on any atom is -0.296 e. The quantitative estimate of drug-likeness (QED) is 0.161. The molecule has 0 amide bonds. The number of benzene rings is 7. The summed E-state index contributed by atoms with van der Waals surface area (Å²) in [7, 11) is 0. The van der Waals surface area contributed by atoms with E-state index in [9.17, 15) is 0 Å². The maximum atomic E-state index is 6.12. The zero-order valence-electron chi connectivity index (χ0n) is 47.8. The summed E-state index contributed by atoms with van der Waals surface area (Å²) in [6.07, 6.45) is 1.08. The number of rotatable bonds is 5. The average molecular weight is 1020 g/mol. The molecule has 12 rings (SSSR count). The molecule has 2 aromatic heterocycles. The first-order chi connectivity index (χ1) is 35.7. The zero-order valence-corrected chi connectivity index (χ0v) is 48.6. The summed E-state index contributed by atoms with van der Waals surface area (Å²) in [6, 6.07) is 55.7. The van der Waals surface area contributed by atoms with Gasteiger partial charge in [0.15, 0.2) is 0 Å². The van der Waals surface area contributed by atoms with Gasteiger partial charge in [0.05, 0.1) is 5.69 Å². The fraction of sp³-hybridized carbons (Fsp3) is 0.333. The maximum Gasteiger partial charge on any atom is 0.268 e. The van der Waals surface area contributed by atoms with Crippen LogP contribution in [0.2, 0.25) is 0 Å². The third-order valence-electron chi connectivity index (χ3n) is 16.9. The van der Waals surface area contributed by atoms with Crippen molar-refractivity contribution in [1.29, 1.82) is 0 Å². The zero-order chi connectivity index (χ0) is 53.8. The van der Waals surface area contributed by atoms with Crippen LogP contribution in [0.4, 0.5) is 51.7 Å². The first-order valence-electron chi connectivity index (χ1n) is 27.6. The van der Waals surface area contributed by atoms with Gasteiger partial charge in [0, 0.05) is 48.8 Å². The number of anilines is 9. The van der Waals surface area contributed by atoms with E-state index in [1.807, 2.05) is 11.3 Å². The van der Waals surface area contributed by atoms with Gasteiger partial charge in [0.1, 0.15) is 11.6 Å². The normalized spacial score (nSPS) is 15.7. The Morgan fingerprint density at radius 1 is 0.500 bits per heavy atom. The Bertz CT molecular complexity index is 3800. The molecule has 0 atom stereocenters. The first kappa shape index (κ1) is 50.1. The van der Waals surface area contributed by atoms with Gasteiger partial charge in [0.25, 0.3) is 6.71 Å². The second kappa shape index (κ2) is 16.9. The van der Waals surface area contributed by atoms with E-state index in [2.05, 4.69) is 271 Å². The molecule has 1 aliphatic carbocycles. The Balaban J connectivity index is 1.23. The highest BCUT2D eigenvalue weighted by molar-refractivity contribution is 7.33. The lowest BCUT2D eigenvalue weighted by molar-refractivity contribution is 0.403. The second-order valence-corrected chi connectivity index (χ2v) is 28.7. The number of hydrogen-bond acceptors (Lipinski definition) is 6. The molecule has 0 radical (unpaired) electrons. The molecular formula is C69H74BN5S. The molecule has 9 aromatic rings. The van der Waals surface area contributed by atoms with E-state index in [1.54, 1.807) is 0 Å². The van der Waals surface area contributed by atoms with Gasteiger partial charge in [-0.1, -0.05) is 190 Å². The molecule has 0 N–H and O–H groups in total. The topological polar surface area (TPSA) is 35.5 Å². The molecule has 4 heterocycles. The van der Waals surface area contributed by atoms with E-state index in [-0.39, 0.29) is 39.2 Å². The summed E-state index contributed by atoms with van der Waals surface area (Å²) in [5.41, 5.74) is 16.8. The monoisotopic (exact) mass is 1020 g/mol. The van der Waals surface area contributed by atoms with E-state index in [4.69, 9.17) is 9.97 Å². The number of aromatic nitrogens is 2. The molecule has 0 bridgehead atoms. The molecule has 5 nitrogen and oxygen atoms in total. The van der Waals surface area contributed by atoms with Crippen LogP contribution in [0.5, 0.6) is 0 Å². The van der Waals surface area contributed by atoms with Crippen LogP contribution < -0.4 is 30.4 Å². The van der Waals surface area contributed by atoms with Gasteiger partial charge in [-0.3, -0.25) is 14.7 Å². The van der Waals surface area contributed by atoms with Gasteiger partial charge in [-0.15, -0.1) is 11.3 Å². The molecule has 0 spiro atoms. The molecule has 7 aromatic carbocycles. The molecule has 384 valence electrons.